The Morgan fingerprint density at radius 2 is 1.76 bits per heavy atom. The molecule has 0 amide bonds. The van der Waals surface area contributed by atoms with Gasteiger partial charge < -0.3 is 9.84 Å². The highest BCUT2D eigenvalue weighted by molar-refractivity contribution is 5.81. The van der Waals surface area contributed by atoms with Crippen LogP contribution in [-0.2, 0) is 20.0 Å². The van der Waals surface area contributed by atoms with Crippen molar-refractivity contribution in [2.45, 2.75) is 39.2 Å². The van der Waals surface area contributed by atoms with Crippen molar-refractivity contribution in [3.05, 3.63) is 92.4 Å². The van der Waals surface area contributed by atoms with Crippen LogP contribution in [0.15, 0.2) is 69.2 Å². The van der Waals surface area contributed by atoms with Gasteiger partial charge in [-0.2, -0.15) is 4.99 Å². The van der Waals surface area contributed by atoms with E-state index in [-0.39, 0.29) is 24.8 Å². The van der Waals surface area contributed by atoms with Gasteiger partial charge >= 0.3 is 5.69 Å². The van der Waals surface area contributed by atoms with Crippen LogP contribution in [0.1, 0.15) is 30.4 Å². The molecule has 1 aromatic heterocycles. The number of hydrogen-bond donors (Lipinski definition) is 1. The van der Waals surface area contributed by atoms with Crippen LogP contribution in [0.3, 0.4) is 0 Å². The number of aromatic nitrogens is 2. The Balaban J connectivity index is 1.94. The lowest BCUT2D eigenvalue weighted by Crippen LogP contribution is -2.40. The topological polar surface area (TPSA) is 85.8 Å². The third-order valence-electron chi connectivity index (χ3n) is 5.26. The second kappa shape index (κ2) is 11.4. The molecule has 0 saturated heterocycles. The van der Waals surface area contributed by atoms with Crippen LogP contribution in [0.25, 0.3) is 0 Å². The molecule has 3 rings (SSSR count). The summed E-state index contributed by atoms with van der Waals surface area (Å²) in [4.78, 5) is 30.0. The van der Waals surface area contributed by atoms with Gasteiger partial charge in [-0.3, -0.25) is 13.9 Å². The van der Waals surface area contributed by atoms with E-state index in [0.717, 1.165) is 17.4 Å². The number of ether oxygens (including phenoxy) is 1. The third-order valence-corrected chi connectivity index (χ3v) is 5.26. The number of halogens is 1. The van der Waals surface area contributed by atoms with E-state index in [4.69, 9.17) is 9.84 Å². The molecule has 33 heavy (non-hydrogen) atoms. The van der Waals surface area contributed by atoms with Gasteiger partial charge in [0, 0.05) is 26.6 Å². The molecule has 8 heteroatoms. The number of aliphatic hydroxyl groups is 1. The maximum absolute atomic E-state index is 13.3. The Bertz CT molecular complexity index is 1180. The van der Waals surface area contributed by atoms with Gasteiger partial charge in [0.2, 0.25) is 0 Å². The number of rotatable bonds is 9. The summed E-state index contributed by atoms with van der Waals surface area (Å²) >= 11 is 0. The van der Waals surface area contributed by atoms with E-state index in [1.54, 1.807) is 14.0 Å². The highest BCUT2D eigenvalue weighted by Gasteiger charge is 2.15. The van der Waals surface area contributed by atoms with E-state index < -0.39 is 11.2 Å². The first-order chi connectivity index (χ1) is 15.9. The van der Waals surface area contributed by atoms with E-state index in [2.05, 4.69) is 4.99 Å². The molecule has 7 nitrogen and oxygen atoms in total. The molecule has 0 bridgehead atoms. The number of aliphatic imine (C=N–C) groups is 1. The summed E-state index contributed by atoms with van der Waals surface area (Å²) in [6.07, 6.45) is 2.28. The quantitative estimate of drug-likeness (QED) is 0.397. The van der Waals surface area contributed by atoms with Gasteiger partial charge in [0.1, 0.15) is 17.4 Å². The molecular formula is C25H28FN3O4. The Hall–Kier alpha value is -3.52. The van der Waals surface area contributed by atoms with Crippen LogP contribution in [0.4, 0.5) is 10.2 Å². The van der Waals surface area contributed by atoms with Crippen molar-refractivity contribution in [2.24, 2.45) is 12.0 Å². The van der Waals surface area contributed by atoms with Crippen LogP contribution in [0.5, 0.6) is 5.75 Å². The SMILES string of the molecule is Cc1c(/N=C(\CCCc2ccccc2)Oc2ccc(F)cc2)n(C)c(=O)n(CCCO)c1=O. The summed E-state index contributed by atoms with van der Waals surface area (Å²) in [5.74, 6) is 0.564. The average molecular weight is 454 g/mol. The molecule has 0 atom stereocenters. The zero-order valence-electron chi connectivity index (χ0n) is 18.8. The van der Waals surface area contributed by atoms with E-state index in [9.17, 15) is 14.0 Å². The van der Waals surface area contributed by atoms with Crippen molar-refractivity contribution in [3.8, 4) is 5.75 Å². The summed E-state index contributed by atoms with van der Waals surface area (Å²) in [6.45, 7) is 1.62. The van der Waals surface area contributed by atoms with Crippen molar-refractivity contribution >= 4 is 11.7 Å². The van der Waals surface area contributed by atoms with Gasteiger partial charge in [-0.25, -0.2) is 9.18 Å². The lowest BCUT2D eigenvalue weighted by molar-refractivity contribution is 0.277. The Morgan fingerprint density at radius 3 is 2.42 bits per heavy atom. The number of hydrogen-bond acceptors (Lipinski definition) is 5. The lowest BCUT2D eigenvalue weighted by atomic mass is 10.1. The fourth-order valence-corrected chi connectivity index (χ4v) is 3.47. The normalized spacial score (nSPS) is 11.6. The highest BCUT2D eigenvalue weighted by Crippen LogP contribution is 2.18. The summed E-state index contributed by atoms with van der Waals surface area (Å²) in [5.41, 5.74) is 0.519. The number of aryl methyl sites for hydroxylation is 1. The molecule has 1 N–H and O–H groups in total. The van der Waals surface area contributed by atoms with E-state index in [1.165, 1.54) is 34.4 Å². The summed E-state index contributed by atoms with van der Waals surface area (Å²) in [7, 11) is 1.54. The van der Waals surface area contributed by atoms with Gasteiger partial charge in [-0.1, -0.05) is 30.3 Å². The minimum atomic E-state index is -0.511. The van der Waals surface area contributed by atoms with Gasteiger partial charge in [0.25, 0.3) is 5.56 Å². The monoisotopic (exact) mass is 453 g/mol. The van der Waals surface area contributed by atoms with Crippen LogP contribution in [-0.4, -0.2) is 26.7 Å². The van der Waals surface area contributed by atoms with Crippen LogP contribution in [0.2, 0.25) is 0 Å². The van der Waals surface area contributed by atoms with Gasteiger partial charge in [0.05, 0.1) is 5.56 Å². The Labute approximate surface area is 191 Å². The first-order valence-electron chi connectivity index (χ1n) is 10.9. The smallest absolute Gasteiger partial charge is 0.332 e. The second-order valence-corrected chi connectivity index (χ2v) is 7.72. The summed E-state index contributed by atoms with van der Waals surface area (Å²) in [5, 5.41) is 9.06. The molecule has 2 aromatic carbocycles. The molecule has 0 aliphatic carbocycles. The number of aliphatic hydroxyl groups excluding tert-OH is 1. The van der Waals surface area contributed by atoms with Crippen LogP contribution in [0, 0.1) is 12.7 Å². The number of nitrogens with zero attached hydrogens (tertiary/aromatic N) is 3. The first kappa shape index (κ1) is 24.1. The predicted molar refractivity (Wildman–Crippen MR) is 126 cm³/mol. The lowest BCUT2D eigenvalue weighted by Gasteiger charge is -2.14. The molecule has 0 radical (unpaired) electrons. The zero-order valence-corrected chi connectivity index (χ0v) is 18.8. The average Bonchev–Trinajstić information content (AvgIpc) is 2.82. The van der Waals surface area contributed by atoms with Crippen molar-refractivity contribution in [1.82, 2.24) is 9.13 Å². The van der Waals surface area contributed by atoms with Crippen LogP contribution < -0.4 is 16.0 Å². The zero-order chi connectivity index (χ0) is 23.8. The summed E-state index contributed by atoms with van der Waals surface area (Å²) in [6, 6.07) is 15.6. The molecule has 1 heterocycles. The number of benzene rings is 2. The third kappa shape index (κ3) is 6.26. The summed E-state index contributed by atoms with van der Waals surface area (Å²) < 4.78 is 21.6. The van der Waals surface area contributed by atoms with Crippen molar-refractivity contribution in [3.63, 3.8) is 0 Å². The maximum atomic E-state index is 13.3. The second-order valence-electron chi connectivity index (χ2n) is 7.72. The molecule has 3 aromatic rings. The molecule has 174 valence electrons. The molecule has 0 spiro atoms. The fraction of sp³-hybridized carbons (Fsp3) is 0.320. The van der Waals surface area contributed by atoms with E-state index in [0.29, 0.717) is 30.1 Å². The van der Waals surface area contributed by atoms with Crippen molar-refractivity contribution in [2.75, 3.05) is 6.61 Å². The Kier molecular flexibility index (Phi) is 8.32. The van der Waals surface area contributed by atoms with Crippen molar-refractivity contribution < 1.29 is 14.2 Å². The predicted octanol–water partition coefficient (Wildman–Crippen LogP) is 3.51. The van der Waals surface area contributed by atoms with E-state index >= 15 is 0 Å². The standard InChI is InChI=1S/C25H28FN3O4/c1-18-23(28(2)25(32)29(24(18)31)16-7-17-30)27-22(33-21-14-12-20(26)13-15-21)11-6-10-19-8-4-3-5-9-19/h3-5,8-9,12-15,30H,6-7,10-11,16-17H2,1-2H3/b27-22+. The first-order valence-corrected chi connectivity index (χ1v) is 10.9. The minimum absolute atomic E-state index is 0.119. The fourth-order valence-electron chi connectivity index (χ4n) is 3.47. The molecular weight excluding hydrogens is 425 g/mol. The molecule has 0 unspecified atom stereocenters. The molecule has 0 fully saturated rings. The van der Waals surface area contributed by atoms with Crippen LogP contribution >= 0.6 is 0 Å². The van der Waals surface area contributed by atoms with Gasteiger partial charge in [-0.15, -0.1) is 0 Å². The highest BCUT2D eigenvalue weighted by atomic mass is 19.1. The Morgan fingerprint density at radius 1 is 1.06 bits per heavy atom. The van der Waals surface area contributed by atoms with Gasteiger partial charge in [0.15, 0.2) is 5.90 Å². The molecule has 0 aliphatic heterocycles. The van der Waals surface area contributed by atoms with E-state index in [1.807, 2.05) is 30.3 Å². The maximum Gasteiger partial charge on any atom is 0.332 e. The molecule has 0 saturated carbocycles. The largest absolute Gasteiger partial charge is 0.443 e. The molecule has 0 aliphatic rings. The van der Waals surface area contributed by atoms with Gasteiger partial charge in [-0.05, 0) is 56.0 Å². The van der Waals surface area contributed by atoms with Crippen molar-refractivity contribution in [1.29, 1.82) is 0 Å². The minimum Gasteiger partial charge on any atom is -0.443 e.